The van der Waals surface area contributed by atoms with Crippen molar-refractivity contribution in [2.24, 2.45) is 0 Å². The standard InChI is InChI=1S/C6H4ClF3N2/c7-3-1-2(11)4(5(8)9)6(10)12-3/h1,5H,(H2,11,12). The van der Waals surface area contributed by atoms with Gasteiger partial charge in [-0.15, -0.1) is 0 Å². The molecule has 0 aliphatic heterocycles. The lowest BCUT2D eigenvalue weighted by Crippen LogP contribution is -2.01. The first kappa shape index (κ1) is 9.12. The maximum absolute atomic E-state index is 12.6. The maximum Gasteiger partial charge on any atom is 0.270 e. The van der Waals surface area contributed by atoms with Crippen LogP contribution in [0.25, 0.3) is 0 Å². The second-order valence-electron chi connectivity index (χ2n) is 2.04. The van der Waals surface area contributed by atoms with Gasteiger partial charge in [0, 0.05) is 5.69 Å². The number of anilines is 1. The van der Waals surface area contributed by atoms with E-state index < -0.39 is 17.9 Å². The Balaban J connectivity index is 3.28. The highest BCUT2D eigenvalue weighted by Crippen LogP contribution is 2.28. The lowest BCUT2D eigenvalue weighted by molar-refractivity contribution is 0.146. The highest BCUT2D eigenvalue weighted by molar-refractivity contribution is 6.29. The summed E-state index contributed by atoms with van der Waals surface area (Å²) in [5.41, 5.74) is 3.79. The highest BCUT2D eigenvalue weighted by atomic mass is 35.5. The van der Waals surface area contributed by atoms with Gasteiger partial charge in [-0.2, -0.15) is 4.39 Å². The van der Waals surface area contributed by atoms with Gasteiger partial charge in [0.2, 0.25) is 5.95 Å². The van der Waals surface area contributed by atoms with Crippen LogP contribution < -0.4 is 5.73 Å². The molecule has 0 amide bonds. The van der Waals surface area contributed by atoms with Crippen molar-refractivity contribution in [1.29, 1.82) is 0 Å². The lowest BCUT2D eigenvalue weighted by Gasteiger charge is -2.04. The quantitative estimate of drug-likeness (QED) is 0.701. The third-order valence-corrected chi connectivity index (χ3v) is 1.42. The number of halogens is 4. The van der Waals surface area contributed by atoms with Crippen LogP contribution in [-0.2, 0) is 0 Å². The highest BCUT2D eigenvalue weighted by Gasteiger charge is 2.18. The number of hydrogen-bond acceptors (Lipinski definition) is 2. The minimum absolute atomic E-state index is 0.241. The molecule has 0 radical (unpaired) electrons. The minimum Gasteiger partial charge on any atom is -0.398 e. The topological polar surface area (TPSA) is 38.9 Å². The molecule has 0 unspecified atom stereocenters. The third-order valence-electron chi connectivity index (χ3n) is 1.23. The molecule has 12 heavy (non-hydrogen) atoms. The van der Waals surface area contributed by atoms with Crippen molar-refractivity contribution in [2.45, 2.75) is 6.43 Å². The molecule has 1 aromatic heterocycles. The van der Waals surface area contributed by atoms with Crippen LogP contribution in [0.3, 0.4) is 0 Å². The Hall–Kier alpha value is -0.970. The van der Waals surface area contributed by atoms with E-state index in [4.69, 9.17) is 17.3 Å². The largest absolute Gasteiger partial charge is 0.398 e. The van der Waals surface area contributed by atoms with E-state index in [0.717, 1.165) is 6.07 Å². The van der Waals surface area contributed by atoms with Crippen molar-refractivity contribution in [1.82, 2.24) is 4.98 Å². The summed E-state index contributed by atoms with van der Waals surface area (Å²) in [4.78, 5) is 2.99. The SMILES string of the molecule is Nc1cc(Cl)nc(F)c1C(F)F. The maximum atomic E-state index is 12.6. The Kier molecular flexibility index (Phi) is 2.42. The number of pyridine rings is 1. The number of hydrogen-bond donors (Lipinski definition) is 1. The molecule has 1 rings (SSSR count). The molecular weight excluding hydrogens is 193 g/mol. The molecule has 0 saturated carbocycles. The molecule has 1 aromatic rings. The van der Waals surface area contributed by atoms with E-state index in [1.165, 1.54) is 0 Å². The van der Waals surface area contributed by atoms with Gasteiger partial charge in [0.05, 0.1) is 5.56 Å². The molecule has 0 bridgehead atoms. The van der Waals surface area contributed by atoms with Crippen molar-refractivity contribution in [2.75, 3.05) is 5.73 Å². The van der Waals surface area contributed by atoms with Crippen LogP contribution in [0.2, 0.25) is 5.15 Å². The molecule has 1 heterocycles. The van der Waals surface area contributed by atoms with Crippen molar-refractivity contribution >= 4 is 17.3 Å². The number of aromatic nitrogens is 1. The van der Waals surface area contributed by atoms with Crippen LogP contribution in [-0.4, -0.2) is 4.98 Å². The van der Waals surface area contributed by atoms with Crippen LogP contribution in [0.15, 0.2) is 6.07 Å². The molecule has 0 fully saturated rings. The van der Waals surface area contributed by atoms with E-state index >= 15 is 0 Å². The molecule has 66 valence electrons. The normalized spacial score (nSPS) is 10.8. The minimum atomic E-state index is -2.98. The van der Waals surface area contributed by atoms with Crippen LogP contribution in [0.5, 0.6) is 0 Å². The molecule has 2 nitrogen and oxygen atoms in total. The summed E-state index contributed by atoms with van der Waals surface area (Å²) < 4.78 is 36.6. The average Bonchev–Trinajstić information content (AvgIpc) is 1.82. The fourth-order valence-corrected chi connectivity index (χ4v) is 0.919. The Morgan fingerprint density at radius 3 is 2.50 bits per heavy atom. The number of nitrogens with zero attached hydrogens (tertiary/aromatic N) is 1. The van der Waals surface area contributed by atoms with Gasteiger partial charge in [0.15, 0.2) is 0 Å². The molecule has 0 aliphatic rings. The lowest BCUT2D eigenvalue weighted by atomic mass is 10.2. The molecule has 2 N–H and O–H groups in total. The second kappa shape index (κ2) is 3.18. The predicted octanol–water partition coefficient (Wildman–Crippen LogP) is 2.39. The van der Waals surface area contributed by atoms with Crippen LogP contribution in [0.1, 0.15) is 12.0 Å². The first-order valence-electron chi connectivity index (χ1n) is 2.92. The van der Waals surface area contributed by atoms with E-state index in [9.17, 15) is 13.2 Å². The number of rotatable bonds is 1. The summed E-state index contributed by atoms with van der Waals surface area (Å²) in [7, 11) is 0. The molecule has 0 saturated heterocycles. The molecule has 6 heteroatoms. The summed E-state index contributed by atoms with van der Waals surface area (Å²) in [6.07, 6.45) is -2.98. The zero-order valence-electron chi connectivity index (χ0n) is 5.69. The summed E-state index contributed by atoms with van der Waals surface area (Å²) in [6, 6.07) is 0.978. The molecule has 0 aliphatic carbocycles. The van der Waals surface area contributed by atoms with Gasteiger partial charge in [0.25, 0.3) is 6.43 Å². The summed E-state index contributed by atoms with van der Waals surface area (Å²) >= 11 is 5.25. The summed E-state index contributed by atoms with van der Waals surface area (Å²) in [5.74, 6) is -1.32. The van der Waals surface area contributed by atoms with Gasteiger partial charge in [-0.25, -0.2) is 13.8 Å². The van der Waals surface area contributed by atoms with Crippen molar-refractivity contribution < 1.29 is 13.2 Å². The molecular formula is C6H4ClF3N2. The number of nitrogen functional groups attached to an aromatic ring is 1. The monoisotopic (exact) mass is 196 g/mol. The fourth-order valence-electron chi connectivity index (χ4n) is 0.727. The Bertz CT molecular complexity index is 280. The third kappa shape index (κ3) is 1.61. The second-order valence-corrected chi connectivity index (χ2v) is 2.43. The molecule has 0 atom stereocenters. The Morgan fingerprint density at radius 2 is 2.08 bits per heavy atom. The van der Waals surface area contributed by atoms with Gasteiger partial charge >= 0.3 is 0 Å². The van der Waals surface area contributed by atoms with Gasteiger partial charge in [0.1, 0.15) is 5.15 Å². The Labute approximate surface area is 71.2 Å². The van der Waals surface area contributed by atoms with E-state index in [2.05, 4.69) is 4.98 Å². The fraction of sp³-hybridized carbons (Fsp3) is 0.167. The first-order chi connectivity index (χ1) is 5.52. The zero-order chi connectivity index (χ0) is 9.30. The van der Waals surface area contributed by atoms with Crippen LogP contribution in [0, 0.1) is 5.95 Å². The van der Waals surface area contributed by atoms with Crippen LogP contribution >= 0.6 is 11.6 Å². The Morgan fingerprint density at radius 1 is 1.50 bits per heavy atom. The zero-order valence-corrected chi connectivity index (χ0v) is 6.45. The van der Waals surface area contributed by atoms with Gasteiger partial charge in [-0.1, -0.05) is 11.6 Å². The van der Waals surface area contributed by atoms with E-state index in [-0.39, 0.29) is 10.8 Å². The van der Waals surface area contributed by atoms with Crippen LogP contribution in [0.4, 0.5) is 18.9 Å². The van der Waals surface area contributed by atoms with E-state index in [0.29, 0.717) is 0 Å². The average molecular weight is 197 g/mol. The van der Waals surface area contributed by atoms with E-state index in [1.54, 1.807) is 0 Å². The van der Waals surface area contributed by atoms with Gasteiger partial charge in [-0.3, -0.25) is 0 Å². The number of nitrogens with two attached hydrogens (primary N) is 1. The van der Waals surface area contributed by atoms with Gasteiger partial charge < -0.3 is 5.73 Å². The summed E-state index contributed by atoms with van der Waals surface area (Å²) in [6.45, 7) is 0. The predicted molar refractivity (Wildman–Crippen MR) is 38.6 cm³/mol. The molecule has 0 spiro atoms. The first-order valence-corrected chi connectivity index (χ1v) is 3.29. The number of alkyl halides is 2. The van der Waals surface area contributed by atoms with Crippen molar-refractivity contribution in [3.8, 4) is 0 Å². The van der Waals surface area contributed by atoms with E-state index in [1.807, 2.05) is 0 Å². The van der Waals surface area contributed by atoms with Crippen molar-refractivity contribution in [3.63, 3.8) is 0 Å². The summed E-state index contributed by atoms with van der Waals surface area (Å²) in [5, 5.41) is -0.241. The van der Waals surface area contributed by atoms with Gasteiger partial charge in [-0.05, 0) is 6.07 Å². The molecule has 0 aromatic carbocycles. The van der Waals surface area contributed by atoms with Crippen molar-refractivity contribution in [3.05, 3.63) is 22.7 Å². The smallest absolute Gasteiger partial charge is 0.270 e.